The van der Waals surface area contributed by atoms with E-state index in [9.17, 15) is 9.18 Å². The predicted molar refractivity (Wildman–Crippen MR) is 128 cm³/mol. The van der Waals surface area contributed by atoms with Crippen molar-refractivity contribution >= 4 is 5.91 Å². The number of hydrogen-bond donors (Lipinski definition) is 1. The Labute approximate surface area is 191 Å². The van der Waals surface area contributed by atoms with Gasteiger partial charge in [0.2, 0.25) is 0 Å². The van der Waals surface area contributed by atoms with Gasteiger partial charge in [-0.25, -0.2) is 4.39 Å². The molecule has 4 rings (SSSR count). The SMILES string of the molecule is Cc1ccc(-c2ccc(C(=O)NCCCN3CCC(N4CCCCC4)CC3)cc2)c(F)c1. The van der Waals surface area contributed by atoms with E-state index in [1.165, 1.54) is 64.3 Å². The van der Waals surface area contributed by atoms with Crippen LogP contribution in [0.2, 0.25) is 0 Å². The van der Waals surface area contributed by atoms with Crippen molar-refractivity contribution < 1.29 is 9.18 Å². The van der Waals surface area contributed by atoms with Gasteiger partial charge in [-0.15, -0.1) is 0 Å². The monoisotopic (exact) mass is 437 g/mol. The van der Waals surface area contributed by atoms with E-state index >= 15 is 0 Å². The Hall–Kier alpha value is -2.24. The second-order valence-electron chi connectivity index (χ2n) is 9.34. The number of benzene rings is 2. The molecule has 5 heteroatoms. The smallest absolute Gasteiger partial charge is 0.251 e. The molecule has 0 aromatic heterocycles. The Balaban J connectivity index is 1.17. The quantitative estimate of drug-likeness (QED) is 0.628. The van der Waals surface area contributed by atoms with Crippen molar-refractivity contribution in [1.82, 2.24) is 15.1 Å². The van der Waals surface area contributed by atoms with Gasteiger partial charge in [-0.1, -0.05) is 30.7 Å². The molecule has 0 atom stereocenters. The van der Waals surface area contributed by atoms with Crippen LogP contribution < -0.4 is 5.32 Å². The number of rotatable bonds is 7. The molecule has 1 amide bonds. The van der Waals surface area contributed by atoms with Crippen LogP contribution in [0.4, 0.5) is 4.39 Å². The predicted octanol–water partition coefficient (Wildman–Crippen LogP) is 4.87. The van der Waals surface area contributed by atoms with Gasteiger partial charge >= 0.3 is 0 Å². The van der Waals surface area contributed by atoms with Gasteiger partial charge in [0.15, 0.2) is 0 Å². The lowest BCUT2D eigenvalue weighted by Gasteiger charge is -2.40. The van der Waals surface area contributed by atoms with Gasteiger partial charge in [-0.3, -0.25) is 4.79 Å². The van der Waals surface area contributed by atoms with E-state index in [2.05, 4.69) is 15.1 Å². The number of hydrogen-bond acceptors (Lipinski definition) is 3. The van der Waals surface area contributed by atoms with Crippen LogP contribution in [0.25, 0.3) is 11.1 Å². The number of carbonyl (C=O) groups is 1. The second kappa shape index (κ2) is 11.1. The Bertz CT molecular complexity index is 884. The first-order valence-corrected chi connectivity index (χ1v) is 12.2. The highest BCUT2D eigenvalue weighted by Crippen LogP contribution is 2.24. The molecular weight excluding hydrogens is 401 g/mol. The third-order valence-electron chi connectivity index (χ3n) is 6.98. The van der Waals surface area contributed by atoms with Crippen molar-refractivity contribution in [3.05, 3.63) is 59.4 Å². The average Bonchev–Trinajstić information content (AvgIpc) is 2.83. The zero-order valence-corrected chi connectivity index (χ0v) is 19.3. The highest BCUT2D eigenvalue weighted by atomic mass is 19.1. The molecule has 2 heterocycles. The highest BCUT2D eigenvalue weighted by Gasteiger charge is 2.25. The standard InChI is InChI=1S/C27H36FN3O/c1-21-6-11-25(26(28)20-21)22-7-9-23(10-8-22)27(32)29-14-5-15-30-18-12-24(13-19-30)31-16-3-2-4-17-31/h6-11,20,24H,2-5,12-19H2,1H3,(H,29,32). The van der Waals surface area contributed by atoms with Crippen molar-refractivity contribution in [3.63, 3.8) is 0 Å². The summed E-state index contributed by atoms with van der Waals surface area (Å²) in [5.41, 5.74) is 2.86. The minimum Gasteiger partial charge on any atom is -0.352 e. The van der Waals surface area contributed by atoms with Crippen LogP contribution >= 0.6 is 0 Å². The van der Waals surface area contributed by atoms with Crippen molar-refractivity contribution in [2.45, 2.75) is 51.5 Å². The molecule has 0 spiro atoms. The zero-order valence-electron chi connectivity index (χ0n) is 19.3. The molecule has 4 nitrogen and oxygen atoms in total. The molecule has 2 aromatic carbocycles. The van der Waals surface area contributed by atoms with Crippen molar-refractivity contribution in [1.29, 1.82) is 0 Å². The number of nitrogens with one attached hydrogen (secondary N) is 1. The minimum absolute atomic E-state index is 0.0651. The molecule has 2 fully saturated rings. The molecule has 0 bridgehead atoms. The normalized spacial score (nSPS) is 18.6. The fourth-order valence-corrected chi connectivity index (χ4v) is 5.05. The molecule has 2 aliphatic rings. The number of likely N-dealkylation sites (tertiary alicyclic amines) is 2. The maximum atomic E-state index is 14.2. The van der Waals surface area contributed by atoms with Gasteiger partial charge in [-0.05, 0) is 101 Å². The first kappa shape index (κ1) is 22.9. The van der Waals surface area contributed by atoms with Crippen LogP contribution in [0.5, 0.6) is 0 Å². The maximum absolute atomic E-state index is 14.2. The fraction of sp³-hybridized carbons (Fsp3) is 0.519. The second-order valence-corrected chi connectivity index (χ2v) is 9.34. The number of halogens is 1. The Kier molecular flexibility index (Phi) is 7.93. The van der Waals surface area contributed by atoms with Gasteiger partial charge in [0.1, 0.15) is 5.82 Å². The summed E-state index contributed by atoms with van der Waals surface area (Å²) in [6.45, 7) is 8.52. The third kappa shape index (κ3) is 5.96. The lowest BCUT2D eigenvalue weighted by molar-refractivity contribution is 0.0903. The zero-order chi connectivity index (χ0) is 22.3. The van der Waals surface area contributed by atoms with Gasteiger partial charge in [0, 0.05) is 23.7 Å². The topological polar surface area (TPSA) is 35.6 Å². The molecule has 0 saturated carbocycles. The molecule has 2 saturated heterocycles. The summed E-state index contributed by atoms with van der Waals surface area (Å²) in [4.78, 5) is 17.7. The summed E-state index contributed by atoms with van der Waals surface area (Å²) in [5.74, 6) is -0.299. The van der Waals surface area contributed by atoms with E-state index in [-0.39, 0.29) is 11.7 Å². The van der Waals surface area contributed by atoms with Crippen LogP contribution in [0.3, 0.4) is 0 Å². The summed E-state index contributed by atoms with van der Waals surface area (Å²) < 4.78 is 14.2. The Morgan fingerprint density at radius 1 is 1.00 bits per heavy atom. The Morgan fingerprint density at radius 2 is 1.72 bits per heavy atom. The molecular formula is C27H36FN3O. The van der Waals surface area contributed by atoms with E-state index in [0.29, 0.717) is 17.7 Å². The van der Waals surface area contributed by atoms with E-state index in [1.807, 2.05) is 25.1 Å². The minimum atomic E-state index is -0.234. The van der Waals surface area contributed by atoms with Crippen molar-refractivity contribution in [3.8, 4) is 11.1 Å². The molecule has 2 aliphatic heterocycles. The molecule has 2 aromatic rings. The van der Waals surface area contributed by atoms with E-state index in [0.717, 1.165) is 30.1 Å². The third-order valence-corrected chi connectivity index (χ3v) is 6.98. The molecule has 0 unspecified atom stereocenters. The van der Waals surface area contributed by atoms with Gasteiger partial charge in [0.05, 0.1) is 0 Å². The van der Waals surface area contributed by atoms with Crippen molar-refractivity contribution in [2.24, 2.45) is 0 Å². The van der Waals surface area contributed by atoms with E-state index < -0.39 is 0 Å². The van der Waals surface area contributed by atoms with Crippen LogP contribution in [0, 0.1) is 12.7 Å². The molecule has 0 aliphatic carbocycles. The Morgan fingerprint density at radius 3 is 2.41 bits per heavy atom. The average molecular weight is 438 g/mol. The molecule has 32 heavy (non-hydrogen) atoms. The van der Waals surface area contributed by atoms with E-state index in [4.69, 9.17) is 0 Å². The largest absolute Gasteiger partial charge is 0.352 e. The van der Waals surface area contributed by atoms with Gasteiger partial charge < -0.3 is 15.1 Å². The molecule has 172 valence electrons. The summed E-state index contributed by atoms with van der Waals surface area (Å²) >= 11 is 0. The number of aryl methyl sites for hydroxylation is 1. The fourth-order valence-electron chi connectivity index (χ4n) is 5.05. The highest BCUT2D eigenvalue weighted by molar-refractivity contribution is 5.94. The lowest BCUT2D eigenvalue weighted by atomic mass is 10.00. The van der Waals surface area contributed by atoms with Crippen LogP contribution in [0.1, 0.15) is 54.4 Å². The summed E-state index contributed by atoms with van der Waals surface area (Å²) in [5, 5.41) is 3.03. The first-order valence-electron chi connectivity index (χ1n) is 12.2. The van der Waals surface area contributed by atoms with Crippen molar-refractivity contribution in [2.75, 3.05) is 39.3 Å². The molecule has 0 radical (unpaired) electrons. The summed E-state index contributed by atoms with van der Waals surface area (Å²) in [6.07, 6.45) is 7.65. The van der Waals surface area contributed by atoms with Crippen LogP contribution in [0.15, 0.2) is 42.5 Å². The first-order chi connectivity index (χ1) is 15.6. The maximum Gasteiger partial charge on any atom is 0.251 e. The number of carbonyl (C=O) groups excluding carboxylic acids is 1. The number of amides is 1. The van der Waals surface area contributed by atoms with Gasteiger partial charge in [0.25, 0.3) is 5.91 Å². The molecule has 1 N–H and O–H groups in total. The van der Waals surface area contributed by atoms with E-state index in [1.54, 1.807) is 18.2 Å². The van der Waals surface area contributed by atoms with Gasteiger partial charge in [-0.2, -0.15) is 0 Å². The summed E-state index contributed by atoms with van der Waals surface area (Å²) in [7, 11) is 0. The number of piperidine rings is 2. The lowest BCUT2D eigenvalue weighted by Crippen LogP contribution is -2.47. The summed E-state index contributed by atoms with van der Waals surface area (Å²) in [6, 6.07) is 13.2. The number of nitrogens with zero attached hydrogens (tertiary/aromatic N) is 2. The van der Waals surface area contributed by atoms with Crippen LogP contribution in [-0.2, 0) is 0 Å². The van der Waals surface area contributed by atoms with Crippen LogP contribution in [-0.4, -0.2) is 61.0 Å².